The Morgan fingerprint density at radius 3 is 2.42 bits per heavy atom. The van der Waals surface area contributed by atoms with Crippen LogP contribution in [0, 0.1) is 0 Å². The van der Waals surface area contributed by atoms with Crippen molar-refractivity contribution in [3.05, 3.63) is 28.8 Å². The zero-order valence-corrected chi connectivity index (χ0v) is 11.7. The van der Waals surface area contributed by atoms with Crippen LogP contribution in [0.2, 0.25) is 5.02 Å². The Morgan fingerprint density at radius 2 is 1.95 bits per heavy atom. The molecule has 19 heavy (non-hydrogen) atoms. The van der Waals surface area contributed by atoms with E-state index in [-0.39, 0.29) is 16.3 Å². The van der Waals surface area contributed by atoms with Crippen molar-refractivity contribution in [3.8, 4) is 0 Å². The first-order valence-corrected chi connectivity index (χ1v) is 7.49. The molecule has 0 aliphatic rings. The fraction of sp³-hybridized carbons (Fsp3) is 0.273. The Kier molecular flexibility index (Phi) is 4.54. The number of rotatable bonds is 4. The molecule has 0 aliphatic heterocycles. The average Bonchev–Trinajstić information content (AvgIpc) is 2.26. The van der Waals surface area contributed by atoms with Crippen LogP contribution in [0.5, 0.6) is 0 Å². The van der Waals surface area contributed by atoms with Gasteiger partial charge in [-0.25, -0.2) is 13.2 Å². The first kappa shape index (κ1) is 15.5. The van der Waals surface area contributed by atoms with Gasteiger partial charge in [0.25, 0.3) is 0 Å². The molecule has 0 spiro atoms. The lowest BCUT2D eigenvalue weighted by Gasteiger charge is -2.12. The molecule has 1 amide bonds. The number of sulfone groups is 1. The van der Waals surface area contributed by atoms with Crippen LogP contribution in [-0.2, 0) is 14.6 Å². The molecule has 0 fully saturated rings. The number of benzene rings is 1. The lowest BCUT2D eigenvalue weighted by atomic mass is 10.1. The van der Waals surface area contributed by atoms with E-state index in [0.29, 0.717) is 0 Å². The van der Waals surface area contributed by atoms with Gasteiger partial charge in [0, 0.05) is 6.26 Å². The second kappa shape index (κ2) is 5.58. The molecule has 0 bridgehead atoms. The molecule has 1 unspecified atom stereocenters. The van der Waals surface area contributed by atoms with Gasteiger partial charge in [0.2, 0.25) is 5.91 Å². The van der Waals surface area contributed by atoms with E-state index in [2.05, 4.69) is 5.32 Å². The predicted octanol–water partition coefficient (Wildman–Crippen LogP) is 1.41. The maximum absolute atomic E-state index is 11.7. The number of carboxylic acid groups (broad SMARTS) is 1. The number of carbonyl (C=O) groups excluding carboxylic acids is 1. The molecule has 1 aromatic rings. The highest BCUT2D eigenvalue weighted by molar-refractivity contribution is 7.92. The molecule has 0 heterocycles. The molecule has 0 aromatic heterocycles. The third-order valence-corrected chi connectivity index (χ3v) is 4.31. The third kappa shape index (κ3) is 3.68. The molecule has 0 radical (unpaired) electrons. The Hall–Kier alpha value is -1.60. The van der Waals surface area contributed by atoms with Crippen molar-refractivity contribution in [2.75, 3.05) is 11.6 Å². The Labute approximate surface area is 115 Å². The van der Waals surface area contributed by atoms with E-state index in [1.807, 2.05) is 0 Å². The monoisotopic (exact) mass is 305 g/mol. The van der Waals surface area contributed by atoms with Gasteiger partial charge >= 0.3 is 5.97 Å². The molecule has 8 heteroatoms. The minimum atomic E-state index is -3.56. The highest BCUT2D eigenvalue weighted by Crippen LogP contribution is 2.24. The highest BCUT2D eigenvalue weighted by atomic mass is 35.5. The molecule has 104 valence electrons. The number of carbonyl (C=O) groups is 2. The smallest absolute Gasteiger partial charge is 0.339 e. The number of amides is 1. The van der Waals surface area contributed by atoms with Crippen LogP contribution in [-0.4, -0.2) is 36.9 Å². The fourth-order valence-corrected chi connectivity index (χ4v) is 1.98. The van der Waals surface area contributed by atoms with Crippen molar-refractivity contribution in [2.24, 2.45) is 0 Å². The molecule has 1 aromatic carbocycles. The van der Waals surface area contributed by atoms with Gasteiger partial charge < -0.3 is 10.4 Å². The molecule has 0 aliphatic carbocycles. The fourth-order valence-electron chi connectivity index (χ4n) is 1.27. The molecule has 1 rings (SSSR count). The van der Waals surface area contributed by atoms with Crippen molar-refractivity contribution in [3.63, 3.8) is 0 Å². The standard InChI is InChI=1S/C11H12ClNO5S/c1-6(19(2,17)18)10(14)13-8-5-3-4-7(12)9(8)11(15)16/h3-6H,1-2H3,(H,13,14)(H,15,16). The Bertz CT molecular complexity index is 626. The van der Waals surface area contributed by atoms with Gasteiger partial charge in [-0.3, -0.25) is 4.79 Å². The van der Waals surface area contributed by atoms with Crippen molar-refractivity contribution in [1.82, 2.24) is 0 Å². The van der Waals surface area contributed by atoms with Gasteiger partial charge in [-0.1, -0.05) is 17.7 Å². The van der Waals surface area contributed by atoms with Gasteiger partial charge in [-0.05, 0) is 19.1 Å². The van der Waals surface area contributed by atoms with Crippen LogP contribution >= 0.6 is 11.6 Å². The van der Waals surface area contributed by atoms with Gasteiger partial charge in [0.15, 0.2) is 9.84 Å². The molecule has 0 saturated carbocycles. The summed E-state index contributed by atoms with van der Waals surface area (Å²) in [6.45, 7) is 1.22. The van der Waals surface area contributed by atoms with Crippen LogP contribution in [0.4, 0.5) is 5.69 Å². The van der Waals surface area contributed by atoms with Crippen molar-refractivity contribution >= 4 is 39.0 Å². The summed E-state index contributed by atoms with van der Waals surface area (Å²) in [7, 11) is -3.56. The summed E-state index contributed by atoms with van der Waals surface area (Å²) < 4.78 is 22.5. The van der Waals surface area contributed by atoms with E-state index in [4.69, 9.17) is 16.7 Å². The van der Waals surface area contributed by atoms with Crippen LogP contribution in [0.25, 0.3) is 0 Å². The summed E-state index contributed by atoms with van der Waals surface area (Å²) >= 11 is 5.73. The van der Waals surface area contributed by atoms with E-state index in [1.165, 1.54) is 25.1 Å². The van der Waals surface area contributed by atoms with E-state index in [9.17, 15) is 18.0 Å². The molecule has 6 nitrogen and oxygen atoms in total. The molecular weight excluding hydrogens is 294 g/mol. The van der Waals surface area contributed by atoms with E-state index in [0.717, 1.165) is 6.26 Å². The van der Waals surface area contributed by atoms with E-state index in [1.54, 1.807) is 0 Å². The van der Waals surface area contributed by atoms with Crippen molar-refractivity contribution in [2.45, 2.75) is 12.2 Å². The minimum absolute atomic E-state index is 0.0412. The number of anilines is 1. The van der Waals surface area contributed by atoms with Crippen LogP contribution in [0.3, 0.4) is 0 Å². The van der Waals surface area contributed by atoms with Crippen molar-refractivity contribution < 1.29 is 23.1 Å². The maximum Gasteiger partial charge on any atom is 0.339 e. The number of hydrogen-bond donors (Lipinski definition) is 2. The second-order valence-electron chi connectivity index (χ2n) is 3.93. The van der Waals surface area contributed by atoms with Gasteiger partial charge in [-0.2, -0.15) is 0 Å². The summed E-state index contributed by atoms with van der Waals surface area (Å²) in [5.41, 5.74) is -0.321. The highest BCUT2D eigenvalue weighted by Gasteiger charge is 2.25. The van der Waals surface area contributed by atoms with E-state index >= 15 is 0 Å². The average molecular weight is 306 g/mol. The normalized spacial score (nSPS) is 12.8. The predicted molar refractivity (Wildman–Crippen MR) is 71.3 cm³/mol. The minimum Gasteiger partial charge on any atom is -0.478 e. The zero-order chi connectivity index (χ0) is 14.8. The Balaban J connectivity index is 3.11. The number of aromatic carboxylic acids is 1. The summed E-state index contributed by atoms with van der Waals surface area (Å²) in [6, 6.07) is 4.15. The van der Waals surface area contributed by atoms with Gasteiger partial charge in [0.1, 0.15) is 10.8 Å². The number of halogens is 1. The van der Waals surface area contributed by atoms with Crippen LogP contribution in [0.1, 0.15) is 17.3 Å². The van der Waals surface area contributed by atoms with E-state index < -0.39 is 27.0 Å². The number of carboxylic acids is 1. The largest absolute Gasteiger partial charge is 0.478 e. The number of hydrogen-bond acceptors (Lipinski definition) is 4. The molecule has 1 atom stereocenters. The summed E-state index contributed by atoms with van der Waals surface area (Å²) in [5.74, 6) is -2.12. The molecule has 0 saturated heterocycles. The quantitative estimate of drug-likeness (QED) is 0.876. The first-order valence-electron chi connectivity index (χ1n) is 5.16. The van der Waals surface area contributed by atoms with Crippen LogP contribution < -0.4 is 5.32 Å². The maximum atomic E-state index is 11.7. The Morgan fingerprint density at radius 1 is 1.37 bits per heavy atom. The summed E-state index contributed by atoms with van der Waals surface area (Å²) in [5, 5.41) is 9.93. The topological polar surface area (TPSA) is 101 Å². The van der Waals surface area contributed by atoms with Gasteiger partial charge in [-0.15, -0.1) is 0 Å². The lowest BCUT2D eigenvalue weighted by molar-refractivity contribution is -0.115. The van der Waals surface area contributed by atoms with Crippen LogP contribution in [0.15, 0.2) is 18.2 Å². The SMILES string of the molecule is CC(C(=O)Nc1cccc(Cl)c1C(=O)O)S(C)(=O)=O. The van der Waals surface area contributed by atoms with Gasteiger partial charge in [0.05, 0.1) is 10.7 Å². The number of nitrogens with one attached hydrogen (secondary N) is 1. The summed E-state index contributed by atoms with van der Waals surface area (Å²) in [6.07, 6.45) is 0.924. The second-order valence-corrected chi connectivity index (χ2v) is 6.70. The van der Waals surface area contributed by atoms with Crippen molar-refractivity contribution in [1.29, 1.82) is 0 Å². The zero-order valence-electron chi connectivity index (χ0n) is 10.2. The molecule has 2 N–H and O–H groups in total. The lowest BCUT2D eigenvalue weighted by Crippen LogP contribution is -2.32. The molecular formula is C11H12ClNO5S. The third-order valence-electron chi connectivity index (χ3n) is 2.50. The first-order chi connectivity index (χ1) is 8.64. The summed E-state index contributed by atoms with van der Waals surface area (Å²) in [4.78, 5) is 22.8.